The van der Waals surface area contributed by atoms with Crippen LogP contribution in [0.3, 0.4) is 0 Å². The van der Waals surface area contributed by atoms with Gasteiger partial charge < -0.3 is 18.9 Å². The number of rotatable bonds is 13. The van der Waals surface area contributed by atoms with Gasteiger partial charge in [-0.2, -0.15) is 34.8 Å². The van der Waals surface area contributed by atoms with Gasteiger partial charge >= 0.3 is 23.9 Å². The lowest BCUT2D eigenvalue weighted by molar-refractivity contribution is -0.361. The van der Waals surface area contributed by atoms with Crippen LogP contribution in [-0.4, -0.2) is 80.4 Å². The Hall–Kier alpha value is -2.63. The molecule has 4 aliphatic carbocycles. The first-order valence-corrected chi connectivity index (χ1v) is 17.8. The van der Waals surface area contributed by atoms with Gasteiger partial charge in [0.15, 0.2) is 0 Å². The van der Waals surface area contributed by atoms with Crippen molar-refractivity contribution in [3.63, 3.8) is 0 Å². The molecule has 4 rings (SSSR count). The summed E-state index contributed by atoms with van der Waals surface area (Å²) in [5.74, 6) is -6.19. The average Bonchev–Trinajstić information content (AvgIpc) is 3.33. The van der Waals surface area contributed by atoms with Crippen molar-refractivity contribution in [2.24, 2.45) is 46.3 Å². The van der Waals surface area contributed by atoms with Crippen molar-refractivity contribution in [2.75, 3.05) is 5.75 Å². The molecule has 0 saturated heterocycles. The van der Waals surface area contributed by atoms with Crippen LogP contribution in [0.15, 0.2) is 0 Å². The first-order chi connectivity index (χ1) is 22.6. The summed E-state index contributed by atoms with van der Waals surface area (Å²) in [7, 11) is -5.92. The molecule has 0 heterocycles. The van der Waals surface area contributed by atoms with Crippen molar-refractivity contribution in [3.8, 4) is 0 Å². The van der Waals surface area contributed by atoms with E-state index in [2.05, 4.69) is 11.7 Å². The molecule has 4 fully saturated rings. The van der Waals surface area contributed by atoms with Crippen LogP contribution < -0.4 is 0 Å². The molecule has 18 heteroatoms. The van der Waals surface area contributed by atoms with Crippen LogP contribution in [0.25, 0.3) is 0 Å². The van der Waals surface area contributed by atoms with E-state index < -0.39 is 69.8 Å². The van der Waals surface area contributed by atoms with Crippen molar-refractivity contribution < 1.29 is 77.4 Å². The van der Waals surface area contributed by atoms with Gasteiger partial charge in [-0.1, -0.05) is 20.8 Å². The van der Waals surface area contributed by atoms with Crippen molar-refractivity contribution in [2.45, 2.75) is 115 Å². The summed E-state index contributed by atoms with van der Waals surface area (Å²) in [5, 5.41) is 0. The summed E-state index contributed by atoms with van der Waals surface area (Å²) in [6.07, 6.45) is -11.6. The van der Waals surface area contributed by atoms with Crippen LogP contribution >= 0.6 is 0 Å². The van der Waals surface area contributed by atoms with E-state index in [1.165, 1.54) is 0 Å². The van der Waals surface area contributed by atoms with Gasteiger partial charge in [0.05, 0.1) is 0 Å². The molecule has 4 aliphatic rings. The van der Waals surface area contributed by atoms with Gasteiger partial charge in [0.1, 0.15) is 24.1 Å². The number of hydrogen-bond acceptors (Lipinski definition) is 10. The Morgan fingerprint density at radius 2 is 1.51 bits per heavy atom. The molecular formula is C31H42F6O11S. The fourth-order valence-corrected chi connectivity index (χ4v) is 11.2. The molecule has 0 bridgehead atoms. The number of carbonyl (C=O) groups is 4. The zero-order chi connectivity index (χ0) is 36.8. The topological polar surface area (TPSA) is 160 Å². The number of esters is 1. The highest BCUT2D eigenvalue weighted by molar-refractivity contribution is 7.85. The Bertz CT molecular complexity index is 1340. The standard InChI is InChI=1S/C31H42F6O11S/c1-17(4-7-25(41)48-29(30(32,33)34,31(35,36)37)13-49(42,43)44)20-5-6-21-26-22(12-24(47-16-40)28(20,21)3)27(2)9-8-19(45-14-38)10-18(27)11-23(26)46-15-39/h14-24,26H,4-13H2,1-3H3,(H,42,43,44). The molecule has 280 valence electrons. The quantitative estimate of drug-likeness (QED) is 0.0871. The SMILES string of the molecule is CC(CCC(=O)OC(CS(=O)(=O)O)(C(F)(F)F)C(F)(F)F)C1CCC2C3C(OC=O)CC4CC(OC=O)CCC4(C)C3CC(OC=O)C12C. The van der Waals surface area contributed by atoms with Gasteiger partial charge in [-0.05, 0) is 86.4 Å². The van der Waals surface area contributed by atoms with Crippen LogP contribution in [0, 0.1) is 46.3 Å². The van der Waals surface area contributed by atoms with Gasteiger partial charge in [-0.25, -0.2) is 0 Å². The molecule has 11 unspecified atom stereocenters. The minimum absolute atomic E-state index is 0.0297. The lowest BCUT2D eigenvalue weighted by atomic mass is 9.43. The molecule has 4 saturated carbocycles. The largest absolute Gasteiger partial charge is 0.465 e. The number of fused-ring (bicyclic) bond motifs is 5. The van der Waals surface area contributed by atoms with Gasteiger partial charge in [-0.15, -0.1) is 0 Å². The monoisotopic (exact) mass is 736 g/mol. The Morgan fingerprint density at radius 1 is 0.898 bits per heavy atom. The van der Waals surface area contributed by atoms with Gasteiger partial charge in [0.2, 0.25) is 0 Å². The maximum Gasteiger partial charge on any atom is 0.438 e. The average molecular weight is 737 g/mol. The van der Waals surface area contributed by atoms with Crippen molar-refractivity contribution >= 4 is 35.5 Å². The van der Waals surface area contributed by atoms with E-state index in [0.717, 1.165) is 0 Å². The summed E-state index contributed by atoms with van der Waals surface area (Å²) in [5.41, 5.74) is -6.55. The number of halogens is 6. The fourth-order valence-electron chi connectivity index (χ4n) is 10.3. The van der Waals surface area contributed by atoms with Crippen LogP contribution in [0.2, 0.25) is 0 Å². The molecule has 0 amide bonds. The van der Waals surface area contributed by atoms with Gasteiger partial charge in [0.25, 0.3) is 29.5 Å². The Labute approximate surface area is 279 Å². The van der Waals surface area contributed by atoms with Crippen molar-refractivity contribution in [1.82, 2.24) is 0 Å². The molecule has 0 aromatic rings. The van der Waals surface area contributed by atoms with Crippen LogP contribution in [0.1, 0.15) is 78.6 Å². The lowest BCUT2D eigenvalue weighted by Gasteiger charge is -2.64. The van der Waals surface area contributed by atoms with Crippen LogP contribution in [-0.2, 0) is 48.2 Å². The molecule has 11 atom stereocenters. The van der Waals surface area contributed by atoms with E-state index in [0.29, 0.717) is 64.4 Å². The highest BCUT2D eigenvalue weighted by Gasteiger charge is 2.76. The molecule has 0 aromatic carbocycles. The minimum atomic E-state index is -6.43. The van der Waals surface area contributed by atoms with E-state index in [9.17, 15) is 53.9 Å². The fraction of sp³-hybridized carbons (Fsp3) is 0.871. The normalized spacial score (nSPS) is 37.0. The van der Waals surface area contributed by atoms with Crippen LogP contribution in [0.4, 0.5) is 26.3 Å². The number of ether oxygens (including phenoxy) is 4. The Balaban J connectivity index is 1.59. The third kappa shape index (κ3) is 7.13. The van der Waals surface area contributed by atoms with E-state index in [-0.39, 0.29) is 47.5 Å². The molecular weight excluding hydrogens is 694 g/mol. The van der Waals surface area contributed by atoms with Crippen molar-refractivity contribution in [3.05, 3.63) is 0 Å². The lowest BCUT2D eigenvalue weighted by Crippen LogP contribution is -2.63. The zero-order valence-corrected chi connectivity index (χ0v) is 28.0. The maximum atomic E-state index is 13.7. The van der Waals surface area contributed by atoms with Crippen LogP contribution in [0.5, 0.6) is 0 Å². The summed E-state index contributed by atoms with van der Waals surface area (Å²) in [4.78, 5) is 47.2. The summed E-state index contributed by atoms with van der Waals surface area (Å²) < 4.78 is 134. The third-order valence-electron chi connectivity index (χ3n) is 12.5. The molecule has 0 aliphatic heterocycles. The predicted octanol–water partition coefficient (Wildman–Crippen LogP) is 5.20. The molecule has 0 radical (unpaired) electrons. The highest BCUT2D eigenvalue weighted by Crippen LogP contribution is 2.69. The second-order valence-electron chi connectivity index (χ2n) is 14.7. The Kier molecular flexibility index (Phi) is 11.1. The summed E-state index contributed by atoms with van der Waals surface area (Å²) >= 11 is 0. The van der Waals surface area contributed by atoms with E-state index >= 15 is 0 Å². The van der Waals surface area contributed by atoms with Gasteiger partial charge in [0, 0.05) is 17.8 Å². The number of carbonyl (C=O) groups excluding carboxylic acids is 4. The second kappa shape index (κ2) is 13.8. The third-order valence-corrected chi connectivity index (χ3v) is 13.3. The van der Waals surface area contributed by atoms with E-state index in [1.54, 1.807) is 6.92 Å². The number of hydrogen-bond donors (Lipinski definition) is 1. The van der Waals surface area contributed by atoms with E-state index in [4.69, 9.17) is 18.8 Å². The Morgan fingerprint density at radius 3 is 2.06 bits per heavy atom. The molecule has 11 nitrogen and oxygen atoms in total. The molecule has 0 aromatic heterocycles. The molecule has 1 N–H and O–H groups in total. The highest BCUT2D eigenvalue weighted by atomic mass is 32.2. The summed E-state index contributed by atoms with van der Waals surface area (Å²) in [6, 6.07) is 0. The smallest absolute Gasteiger partial charge is 0.438 e. The molecule has 0 spiro atoms. The maximum absolute atomic E-state index is 13.7. The van der Waals surface area contributed by atoms with E-state index in [1.807, 2.05) is 6.92 Å². The zero-order valence-electron chi connectivity index (χ0n) is 27.2. The van der Waals surface area contributed by atoms with Crippen molar-refractivity contribution in [1.29, 1.82) is 0 Å². The van der Waals surface area contributed by atoms with Gasteiger partial charge in [-0.3, -0.25) is 23.7 Å². The minimum Gasteiger partial charge on any atom is -0.465 e. The predicted molar refractivity (Wildman–Crippen MR) is 155 cm³/mol. The molecule has 49 heavy (non-hydrogen) atoms. The second-order valence-corrected chi connectivity index (χ2v) is 16.1. The first-order valence-electron chi connectivity index (χ1n) is 16.2. The summed E-state index contributed by atoms with van der Waals surface area (Å²) in [6.45, 7) is 6.86. The first kappa shape index (κ1) is 39.2. The number of alkyl halides is 6.